The third-order valence-electron chi connectivity index (χ3n) is 3.58. The normalized spacial score (nSPS) is 23.1. The Morgan fingerprint density at radius 1 is 1.26 bits per heavy atom. The summed E-state index contributed by atoms with van der Waals surface area (Å²) in [5, 5.41) is 3.94. The van der Waals surface area contributed by atoms with Crippen LogP contribution < -0.4 is 10.2 Å². The molecule has 1 aliphatic heterocycles. The molecule has 19 heavy (non-hydrogen) atoms. The molecule has 1 aromatic carbocycles. The van der Waals surface area contributed by atoms with Gasteiger partial charge in [-0.2, -0.15) is 0 Å². The van der Waals surface area contributed by atoms with E-state index in [0.717, 1.165) is 30.3 Å². The maximum absolute atomic E-state index is 6.13. The molecule has 2 atom stereocenters. The summed E-state index contributed by atoms with van der Waals surface area (Å²) in [6, 6.07) is 6.00. The van der Waals surface area contributed by atoms with Crippen LogP contribution in [-0.4, -0.2) is 46.6 Å². The predicted octanol–water partition coefficient (Wildman–Crippen LogP) is 1.91. The van der Waals surface area contributed by atoms with Crippen molar-refractivity contribution in [3.05, 3.63) is 28.8 Å². The van der Waals surface area contributed by atoms with Gasteiger partial charge >= 0.3 is 0 Å². The van der Waals surface area contributed by atoms with Crippen LogP contribution in [-0.2, 0) is 16.0 Å². The lowest BCUT2D eigenvalue weighted by atomic mass is 10.1. The minimum atomic E-state index is 0.103. The molecule has 0 radical (unpaired) electrons. The lowest BCUT2D eigenvalue weighted by Gasteiger charge is -2.22. The molecule has 0 aromatic heterocycles. The van der Waals surface area contributed by atoms with Gasteiger partial charge in [-0.25, -0.2) is 0 Å². The Balaban J connectivity index is 2.24. The quantitative estimate of drug-likeness (QED) is 0.896. The molecule has 0 amide bonds. The molecule has 0 saturated carbocycles. The first-order valence-electron chi connectivity index (χ1n) is 6.43. The number of hydrogen-bond donors (Lipinski definition) is 1. The molecule has 5 heteroatoms. The molecular formula is C14H21ClN2O2. The second-order valence-electron chi connectivity index (χ2n) is 4.76. The molecule has 1 saturated heterocycles. The van der Waals surface area contributed by atoms with Crippen LogP contribution in [0.5, 0.6) is 0 Å². The average Bonchev–Trinajstić information content (AvgIpc) is 2.84. The van der Waals surface area contributed by atoms with Crippen molar-refractivity contribution in [1.82, 2.24) is 5.32 Å². The SMILES string of the molecule is CNCc1ccc(Cl)cc1N1CC(OC)C(OC)C1. The molecule has 1 aliphatic rings. The maximum atomic E-state index is 6.13. The first-order valence-corrected chi connectivity index (χ1v) is 6.81. The second-order valence-corrected chi connectivity index (χ2v) is 5.19. The van der Waals surface area contributed by atoms with E-state index in [2.05, 4.69) is 16.3 Å². The Morgan fingerprint density at radius 2 is 1.89 bits per heavy atom. The molecule has 4 nitrogen and oxygen atoms in total. The highest BCUT2D eigenvalue weighted by Gasteiger charge is 2.33. The van der Waals surface area contributed by atoms with E-state index < -0.39 is 0 Å². The molecule has 1 N–H and O–H groups in total. The highest BCUT2D eigenvalue weighted by Crippen LogP contribution is 2.29. The van der Waals surface area contributed by atoms with Gasteiger partial charge in [0.15, 0.2) is 0 Å². The number of benzene rings is 1. The third-order valence-corrected chi connectivity index (χ3v) is 3.81. The first kappa shape index (κ1) is 14.6. The minimum Gasteiger partial charge on any atom is -0.377 e. The van der Waals surface area contributed by atoms with Gasteiger partial charge in [-0.1, -0.05) is 17.7 Å². The highest BCUT2D eigenvalue weighted by molar-refractivity contribution is 6.30. The van der Waals surface area contributed by atoms with E-state index in [1.54, 1.807) is 14.2 Å². The zero-order valence-corrected chi connectivity index (χ0v) is 12.4. The fraction of sp³-hybridized carbons (Fsp3) is 0.571. The van der Waals surface area contributed by atoms with E-state index in [9.17, 15) is 0 Å². The van der Waals surface area contributed by atoms with Crippen LogP contribution in [0.15, 0.2) is 18.2 Å². The van der Waals surface area contributed by atoms with E-state index >= 15 is 0 Å². The third kappa shape index (κ3) is 3.20. The monoisotopic (exact) mass is 284 g/mol. The molecule has 1 fully saturated rings. The van der Waals surface area contributed by atoms with Crippen molar-refractivity contribution in [2.45, 2.75) is 18.8 Å². The van der Waals surface area contributed by atoms with E-state index in [1.807, 2.05) is 19.2 Å². The molecule has 2 unspecified atom stereocenters. The van der Waals surface area contributed by atoms with Crippen LogP contribution >= 0.6 is 11.6 Å². The molecule has 0 spiro atoms. The Labute approximate surface area is 119 Å². The van der Waals surface area contributed by atoms with Crippen LogP contribution in [0.1, 0.15) is 5.56 Å². The summed E-state index contributed by atoms with van der Waals surface area (Å²) in [5.74, 6) is 0. The largest absolute Gasteiger partial charge is 0.377 e. The van der Waals surface area contributed by atoms with Gasteiger partial charge in [0.1, 0.15) is 12.2 Å². The summed E-state index contributed by atoms with van der Waals surface area (Å²) in [6.45, 7) is 2.47. The van der Waals surface area contributed by atoms with E-state index in [4.69, 9.17) is 21.1 Å². The number of ether oxygens (including phenoxy) is 2. The van der Waals surface area contributed by atoms with Crippen molar-refractivity contribution in [2.24, 2.45) is 0 Å². The first-order chi connectivity index (χ1) is 9.19. The van der Waals surface area contributed by atoms with Crippen molar-refractivity contribution in [3.63, 3.8) is 0 Å². The van der Waals surface area contributed by atoms with Crippen molar-refractivity contribution in [1.29, 1.82) is 0 Å². The zero-order valence-electron chi connectivity index (χ0n) is 11.6. The Morgan fingerprint density at radius 3 is 2.42 bits per heavy atom. The van der Waals surface area contributed by atoms with Gasteiger partial charge in [0, 0.05) is 44.6 Å². The van der Waals surface area contributed by atoms with Crippen molar-refractivity contribution in [2.75, 3.05) is 39.3 Å². The summed E-state index contributed by atoms with van der Waals surface area (Å²) >= 11 is 6.13. The van der Waals surface area contributed by atoms with Crippen LogP contribution in [0.3, 0.4) is 0 Å². The number of hydrogen-bond acceptors (Lipinski definition) is 4. The van der Waals surface area contributed by atoms with Gasteiger partial charge in [0.2, 0.25) is 0 Å². The standard InChI is InChI=1S/C14H21ClN2O2/c1-16-7-10-4-5-11(15)6-12(10)17-8-13(18-2)14(9-17)19-3/h4-6,13-14,16H,7-9H2,1-3H3. The average molecular weight is 285 g/mol. The van der Waals surface area contributed by atoms with Gasteiger partial charge in [-0.3, -0.25) is 0 Å². The number of anilines is 1. The summed E-state index contributed by atoms with van der Waals surface area (Å²) in [7, 11) is 5.40. The van der Waals surface area contributed by atoms with Crippen molar-refractivity contribution < 1.29 is 9.47 Å². The van der Waals surface area contributed by atoms with E-state index in [0.29, 0.717) is 0 Å². The lowest BCUT2D eigenvalue weighted by Crippen LogP contribution is -2.27. The zero-order chi connectivity index (χ0) is 13.8. The summed E-state index contributed by atoms with van der Waals surface area (Å²) < 4.78 is 11.0. The fourth-order valence-electron chi connectivity index (χ4n) is 2.56. The van der Waals surface area contributed by atoms with Gasteiger partial charge in [0.05, 0.1) is 0 Å². The Kier molecular flexibility index (Phi) is 5.05. The number of methoxy groups -OCH3 is 2. The van der Waals surface area contributed by atoms with Crippen LogP contribution in [0.4, 0.5) is 5.69 Å². The summed E-state index contributed by atoms with van der Waals surface area (Å²) in [6.07, 6.45) is 0.206. The number of rotatable bonds is 5. The topological polar surface area (TPSA) is 33.7 Å². The molecular weight excluding hydrogens is 264 g/mol. The van der Waals surface area contributed by atoms with Crippen LogP contribution in [0, 0.1) is 0 Å². The van der Waals surface area contributed by atoms with E-state index in [-0.39, 0.29) is 12.2 Å². The van der Waals surface area contributed by atoms with Crippen LogP contribution in [0.25, 0.3) is 0 Å². The number of nitrogens with one attached hydrogen (secondary N) is 1. The minimum absolute atomic E-state index is 0.103. The molecule has 106 valence electrons. The summed E-state index contributed by atoms with van der Waals surface area (Å²) in [5.41, 5.74) is 2.39. The van der Waals surface area contributed by atoms with Gasteiger partial charge in [0.25, 0.3) is 0 Å². The number of nitrogens with zero attached hydrogens (tertiary/aromatic N) is 1. The van der Waals surface area contributed by atoms with Gasteiger partial charge in [-0.05, 0) is 24.7 Å². The van der Waals surface area contributed by atoms with E-state index in [1.165, 1.54) is 5.56 Å². The molecule has 0 bridgehead atoms. The predicted molar refractivity (Wildman–Crippen MR) is 78.0 cm³/mol. The van der Waals surface area contributed by atoms with Gasteiger partial charge in [-0.15, -0.1) is 0 Å². The lowest BCUT2D eigenvalue weighted by molar-refractivity contribution is -0.00461. The molecule has 0 aliphatic carbocycles. The van der Waals surface area contributed by atoms with Crippen molar-refractivity contribution >= 4 is 17.3 Å². The van der Waals surface area contributed by atoms with Crippen molar-refractivity contribution in [3.8, 4) is 0 Å². The summed E-state index contributed by atoms with van der Waals surface area (Å²) in [4.78, 5) is 2.28. The molecule has 2 rings (SSSR count). The fourth-order valence-corrected chi connectivity index (χ4v) is 2.73. The maximum Gasteiger partial charge on any atom is 0.102 e. The highest BCUT2D eigenvalue weighted by atomic mass is 35.5. The molecule has 1 heterocycles. The van der Waals surface area contributed by atoms with Gasteiger partial charge < -0.3 is 19.7 Å². The number of halogens is 1. The Bertz CT molecular complexity index is 416. The van der Waals surface area contributed by atoms with Crippen LogP contribution in [0.2, 0.25) is 5.02 Å². The molecule has 1 aromatic rings. The second kappa shape index (κ2) is 6.57. The Hall–Kier alpha value is -0.810. The smallest absolute Gasteiger partial charge is 0.102 e.